The van der Waals surface area contributed by atoms with Crippen LogP contribution in [-0.4, -0.2) is 15.9 Å². The fourth-order valence-electron chi connectivity index (χ4n) is 2.73. The van der Waals surface area contributed by atoms with Crippen LogP contribution in [0.2, 0.25) is 0 Å². The van der Waals surface area contributed by atoms with Crippen molar-refractivity contribution in [1.29, 1.82) is 0 Å². The van der Waals surface area contributed by atoms with E-state index < -0.39 is 0 Å². The van der Waals surface area contributed by atoms with E-state index in [1.54, 1.807) is 0 Å². The molecule has 18 heavy (non-hydrogen) atoms. The van der Waals surface area contributed by atoms with E-state index in [0.29, 0.717) is 12.7 Å². The van der Waals surface area contributed by atoms with Gasteiger partial charge in [-0.3, -0.25) is 4.68 Å². The lowest BCUT2D eigenvalue weighted by molar-refractivity contribution is 0.00145. The average Bonchev–Trinajstić information content (AvgIpc) is 2.63. The second-order valence-electron chi connectivity index (χ2n) is 5.37. The van der Waals surface area contributed by atoms with E-state index in [9.17, 15) is 0 Å². The minimum Gasteiger partial charge on any atom is -0.372 e. The van der Waals surface area contributed by atoms with Gasteiger partial charge in [-0.1, -0.05) is 19.8 Å². The van der Waals surface area contributed by atoms with Crippen molar-refractivity contribution in [3.8, 4) is 0 Å². The molecule has 0 aliphatic heterocycles. The van der Waals surface area contributed by atoms with Gasteiger partial charge in [0.15, 0.2) is 0 Å². The summed E-state index contributed by atoms with van der Waals surface area (Å²) in [5.74, 6) is 0.810. The summed E-state index contributed by atoms with van der Waals surface area (Å²) in [7, 11) is 0. The Balaban J connectivity index is 1.97. The highest BCUT2D eigenvalue weighted by atomic mass is 79.9. The van der Waals surface area contributed by atoms with Crippen molar-refractivity contribution < 1.29 is 4.74 Å². The average molecular weight is 315 g/mol. The lowest BCUT2D eigenvalue weighted by atomic mass is 9.89. The maximum atomic E-state index is 6.09. The van der Waals surface area contributed by atoms with Crippen LogP contribution in [0, 0.1) is 12.8 Å². The second kappa shape index (κ2) is 6.20. The standard InChI is InChI=1S/C14H23BrN2O/c1-4-17-13(14(15)11(3)16-17)9-18-12-7-5-6-10(2)8-12/h10,12H,4-9H2,1-3H3. The van der Waals surface area contributed by atoms with Gasteiger partial charge in [-0.25, -0.2) is 0 Å². The third kappa shape index (κ3) is 3.15. The van der Waals surface area contributed by atoms with Gasteiger partial charge in [0.05, 0.1) is 28.6 Å². The van der Waals surface area contributed by atoms with Crippen molar-refractivity contribution in [3.63, 3.8) is 0 Å². The van der Waals surface area contributed by atoms with Gasteiger partial charge in [0.2, 0.25) is 0 Å². The van der Waals surface area contributed by atoms with Crippen LogP contribution in [-0.2, 0) is 17.9 Å². The molecule has 2 atom stereocenters. The van der Waals surface area contributed by atoms with Gasteiger partial charge in [-0.05, 0) is 48.5 Å². The summed E-state index contributed by atoms with van der Waals surface area (Å²) in [5.41, 5.74) is 2.22. The molecule has 2 rings (SSSR count). The first kappa shape index (κ1) is 14.1. The number of hydrogen-bond acceptors (Lipinski definition) is 2. The van der Waals surface area contributed by atoms with E-state index in [0.717, 1.165) is 22.6 Å². The van der Waals surface area contributed by atoms with E-state index in [2.05, 4.69) is 34.9 Å². The molecule has 4 heteroatoms. The summed E-state index contributed by atoms with van der Waals surface area (Å²) in [5, 5.41) is 4.50. The molecule has 2 unspecified atom stereocenters. The Morgan fingerprint density at radius 1 is 1.44 bits per heavy atom. The number of halogens is 1. The Bertz CT molecular complexity index is 403. The Morgan fingerprint density at radius 3 is 2.89 bits per heavy atom. The SMILES string of the molecule is CCn1nc(C)c(Br)c1COC1CCCC(C)C1. The number of rotatable bonds is 4. The zero-order valence-electron chi connectivity index (χ0n) is 11.6. The Hall–Kier alpha value is -0.350. The van der Waals surface area contributed by atoms with Crippen molar-refractivity contribution in [2.24, 2.45) is 5.92 Å². The largest absolute Gasteiger partial charge is 0.372 e. The van der Waals surface area contributed by atoms with E-state index in [-0.39, 0.29) is 0 Å². The molecule has 0 amide bonds. The van der Waals surface area contributed by atoms with Crippen LogP contribution >= 0.6 is 15.9 Å². The molecule has 1 aromatic rings. The third-order valence-electron chi connectivity index (χ3n) is 3.80. The fourth-order valence-corrected chi connectivity index (χ4v) is 3.13. The molecule has 1 aromatic heterocycles. The maximum Gasteiger partial charge on any atom is 0.0900 e. The van der Waals surface area contributed by atoms with Gasteiger partial charge >= 0.3 is 0 Å². The van der Waals surface area contributed by atoms with Crippen LogP contribution < -0.4 is 0 Å². The zero-order chi connectivity index (χ0) is 13.1. The summed E-state index contributed by atoms with van der Waals surface area (Å²) in [6, 6.07) is 0. The summed E-state index contributed by atoms with van der Waals surface area (Å²) in [6.45, 7) is 8.04. The molecule has 0 bridgehead atoms. The molecular formula is C14H23BrN2O. The zero-order valence-corrected chi connectivity index (χ0v) is 13.2. The van der Waals surface area contributed by atoms with Crippen molar-refractivity contribution in [3.05, 3.63) is 15.9 Å². The molecule has 1 aliphatic carbocycles. The number of nitrogens with zero attached hydrogens (tertiary/aromatic N) is 2. The van der Waals surface area contributed by atoms with Crippen molar-refractivity contribution >= 4 is 15.9 Å². The van der Waals surface area contributed by atoms with E-state index in [4.69, 9.17) is 4.74 Å². The summed E-state index contributed by atoms with van der Waals surface area (Å²) in [6.07, 6.45) is 5.51. The van der Waals surface area contributed by atoms with Crippen LogP contribution in [0.4, 0.5) is 0 Å². The minimum atomic E-state index is 0.432. The monoisotopic (exact) mass is 314 g/mol. The van der Waals surface area contributed by atoms with Gasteiger partial charge in [0, 0.05) is 6.54 Å². The molecule has 1 saturated carbocycles. The highest BCUT2D eigenvalue weighted by molar-refractivity contribution is 9.10. The normalized spacial score (nSPS) is 24.4. The Kier molecular flexibility index (Phi) is 4.84. The van der Waals surface area contributed by atoms with Crippen LogP contribution in [0.1, 0.15) is 50.9 Å². The third-order valence-corrected chi connectivity index (χ3v) is 4.83. The first-order valence-corrected chi connectivity index (χ1v) is 7.74. The lowest BCUT2D eigenvalue weighted by Gasteiger charge is -2.26. The van der Waals surface area contributed by atoms with Gasteiger partial charge in [-0.15, -0.1) is 0 Å². The molecule has 0 saturated heterocycles. The molecule has 0 radical (unpaired) electrons. The molecule has 0 aromatic carbocycles. The molecule has 1 fully saturated rings. The van der Waals surface area contributed by atoms with Gasteiger partial charge in [0.25, 0.3) is 0 Å². The van der Waals surface area contributed by atoms with Crippen molar-refractivity contribution in [2.45, 2.75) is 65.7 Å². The predicted octanol–water partition coefficient (Wildman–Crippen LogP) is 4.07. The summed E-state index contributed by atoms with van der Waals surface area (Å²) >= 11 is 3.62. The molecule has 0 spiro atoms. The molecular weight excluding hydrogens is 292 g/mol. The van der Waals surface area contributed by atoms with E-state index in [1.807, 2.05) is 11.6 Å². The maximum absolute atomic E-state index is 6.09. The molecule has 1 aliphatic rings. The van der Waals surface area contributed by atoms with Gasteiger partial charge in [0.1, 0.15) is 0 Å². The summed E-state index contributed by atoms with van der Waals surface area (Å²) < 4.78 is 9.22. The molecule has 102 valence electrons. The second-order valence-corrected chi connectivity index (χ2v) is 6.16. The van der Waals surface area contributed by atoms with Crippen molar-refractivity contribution in [2.75, 3.05) is 0 Å². The number of aromatic nitrogens is 2. The topological polar surface area (TPSA) is 27.1 Å². The van der Waals surface area contributed by atoms with Gasteiger partial charge in [-0.2, -0.15) is 5.10 Å². The van der Waals surface area contributed by atoms with E-state index in [1.165, 1.54) is 31.4 Å². The highest BCUT2D eigenvalue weighted by Crippen LogP contribution is 2.28. The van der Waals surface area contributed by atoms with Crippen LogP contribution in [0.15, 0.2) is 4.47 Å². The first-order valence-electron chi connectivity index (χ1n) is 6.95. The number of hydrogen-bond donors (Lipinski definition) is 0. The van der Waals surface area contributed by atoms with Gasteiger partial charge < -0.3 is 4.74 Å². The lowest BCUT2D eigenvalue weighted by Crippen LogP contribution is -2.22. The van der Waals surface area contributed by atoms with Crippen LogP contribution in [0.5, 0.6) is 0 Å². The smallest absolute Gasteiger partial charge is 0.0900 e. The number of aryl methyl sites for hydroxylation is 2. The summed E-state index contributed by atoms with van der Waals surface area (Å²) in [4.78, 5) is 0. The Labute approximate surface area is 118 Å². The first-order chi connectivity index (χ1) is 8.61. The Morgan fingerprint density at radius 2 is 2.22 bits per heavy atom. The molecule has 3 nitrogen and oxygen atoms in total. The van der Waals surface area contributed by atoms with Crippen LogP contribution in [0.25, 0.3) is 0 Å². The van der Waals surface area contributed by atoms with Crippen molar-refractivity contribution in [1.82, 2.24) is 9.78 Å². The molecule has 0 N–H and O–H groups in total. The quantitative estimate of drug-likeness (QED) is 0.837. The number of ether oxygens (including phenoxy) is 1. The highest BCUT2D eigenvalue weighted by Gasteiger charge is 2.21. The fraction of sp³-hybridized carbons (Fsp3) is 0.786. The minimum absolute atomic E-state index is 0.432. The van der Waals surface area contributed by atoms with Crippen LogP contribution in [0.3, 0.4) is 0 Å². The predicted molar refractivity (Wildman–Crippen MR) is 76.5 cm³/mol. The molecule has 1 heterocycles. The van der Waals surface area contributed by atoms with E-state index >= 15 is 0 Å².